The van der Waals surface area contributed by atoms with Crippen LogP contribution in [0.5, 0.6) is 17.2 Å². The van der Waals surface area contributed by atoms with Crippen LogP contribution in [0.4, 0.5) is 5.69 Å². The zero-order valence-electron chi connectivity index (χ0n) is 19.1. The van der Waals surface area contributed by atoms with Gasteiger partial charge in [0.15, 0.2) is 6.10 Å². The van der Waals surface area contributed by atoms with E-state index < -0.39 is 22.0 Å². The van der Waals surface area contributed by atoms with Crippen molar-refractivity contribution in [2.75, 3.05) is 25.1 Å². The summed E-state index contributed by atoms with van der Waals surface area (Å²) in [7, 11) is -0.884. The number of anilines is 1. The van der Waals surface area contributed by atoms with Gasteiger partial charge in [0.25, 0.3) is 15.9 Å². The van der Waals surface area contributed by atoms with Gasteiger partial charge in [-0.15, -0.1) is 0 Å². The first kappa shape index (κ1) is 23.4. The molecule has 178 valence electrons. The molecule has 0 bridgehead atoms. The Kier molecular flexibility index (Phi) is 6.65. The van der Waals surface area contributed by atoms with Crippen molar-refractivity contribution >= 4 is 21.6 Å². The lowest BCUT2D eigenvalue weighted by atomic mass is 10.1. The highest BCUT2D eigenvalue weighted by Crippen LogP contribution is 2.37. The van der Waals surface area contributed by atoms with Gasteiger partial charge in [-0.2, -0.15) is 0 Å². The predicted octanol–water partition coefficient (Wildman–Crippen LogP) is 3.54. The molecule has 0 radical (unpaired) electrons. The summed E-state index contributed by atoms with van der Waals surface area (Å²) in [6, 6.07) is 19.9. The van der Waals surface area contributed by atoms with Crippen molar-refractivity contribution in [3.8, 4) is 17.2 Å². The molecule has 4 rings (SSSR count). The largest absolute Gasteiger partial charge is 0.497 e. The zero-order chi connectivity index (χ0) is 24.3. The number of sulfonamides is 1. The highest BCUT2D eigenvalue weighted by molar-refractivity contribution is 7.92. The van der Waals surface area contributed by atoms with E-state index in [1.54, 1.807) is 43.5 Å². The molecule has 1 heterocycles. The highest BCUT2D eigenvalue weighted by atomic mass is 32.2. The van der Waals surface area contributed by atoms with Crippen molar-refractivity contribution in [1.82, 2.24) is 5.32 Å². The molecule has 1 N–H and O–H groups in total. The lowest BCUT2D eigenvalue weighted by Gasteiger charge is -2.35. The number of para-hydroxylation sites is 3. The summed E-state index contributed by atoms with van der Waals surface area (Å²) in [5, 5.41) is 2.92. The van der Waals surface area contributed by atoms with Crippen LogP contribution in [0.25, 0.3) is 0 Å². The number of nitrogens with zero attached hydrogens (tertiary/aromatic N) is 1. The molecule has 1 aliphatic rings. The number of ether oxygens (including phenoxy) is 3. The molecule has 0 spiro atoms. The van der Waals surface area contributed by atoms with Gasteiger partial charge < -0.3 is 19.5 Å². The zero-order valence-corrected chi connectivity index (χ0v) is 19.9. The Morgan fingerprint density at radius 2 is 1.68 bits per heavy atom. The summed E-state index contributed by atoms with van der Waals surface area (Å²) in [5.74, 6) is 1.08. The highest BCUT2D eigenvalue weighted by Gasteiger charge is 2.38. The fourth-order valence-corrected chi connectivity index (χ4v) is 5.33. The molecule has 2 atom stereocenters. The van der Waals surface area contributed by atoms with E-state index in [1.165, 1.54) is 23.5 Å². The van der Waals surface area contributed by atoms with Crippen molar-refractivity contribution in [3.63, 3.8) is 0 Å². The summed E-state index contributed by atoms with van der Waals surface area (Å²) >= 11 is 0. The SMILES string of the molecule is COc1ccc(S(=O)(=O)N2C[C@H](C(=O)N[C@H](C)c3ccccc3OC)Oc3ccccc32)cc1. The Bertz CT molecular complexity index is 1280. The molecular formula is C25H26N2O6S. The Morgan fingerprint density at radius 3 is 2.38 bits per heavy atom. The molecule has 34 heavy (non-hydrogen) atoms. The Hall–Kier alpha value is -3.72. The lowest BCUT2D eigenvalue weighted by Crippen LogP contribution is -2.51. The first-order valence-electron chi connectivity index (χ1n) is 10.7. The van der Waals surface area contributed by atoms with E-state index in [1.807, 2.05) is 31.2 Å². The van der Waals surface area contributed by atoms with Crippen LogP contribution in [0.1, 0.15) is 18.5 Å². The molecule has 0 fully saturated rings. The van der Waals surface area contributed by atoms with Gasteiger partial charge in [0.2, 0.25) is 0 Å². The van der Waals surface area contributed by atoms with Crippen LogP contribution < -0.4 is 23.8 Å². The van der Waals surface area contributed by atoms with Crippen LogP contribution in [0.3, 0.4) is 0 Å². The third kappa shape index (κ3) is 4.51. The van der Waals surface area contributed by atoms with Gasteiger partial charge >= 0.3 is 0 Å². The van der Waals surface area contributed by atoms with Crippen LogP contribution in [0.15, 0.2) is 77.7 Å². The van der Waals surface area contributed by atoms with Gasteiger partial charge in [-0.25, -0.2) is 8.42 Å². The fourth-order valence-electron chi connectivity index (χ4n) is 3.85. The van der Waals surface area contributed by atoms with E-state index in [4.69, 9.17) is 14.2 Å². The summed E-state index contributed by atoms with van der Waals surface area (Å²) < 4.78 is 44.7. The standard InChI is InChI=1S/C25H26N2O6S/c1-17(20-8-4-6-10-22(20)32-3)26-25(28)24-16-27(21-9-5-7-11-23(21)33-24)34(29,30)19-14-12-18(31-2)13-15-19/h4-15,17,24H,16H2,1-3H3,(H,26,28)/t17-,24-/m1/s1. The molecule has 3 aromatic carbocycles. The van der Waals surface area contributed by atoms with Crippen molar-refractivity contribution in [3.05, 3.63) is 78.4 Å². The van der Waals surface area contributed by atoms with Gasteiger partial charge in [0, 0.05) is 5.56 Å². The minimum absolute atomic E-state index is 0.0894. The van der Waals surface area contributed by atoms with E-state index in [0.29, 0.717) is 22.9 Å². The van der Waals surface area contributed by atoms with Gasteiger partial charge in [-0.3, -0.25) is 9.10 Å². The number of fused-ring (bicyclic) bond motifs is 1. The average Bonchev–Trinajstić information content (AvgIpc) is 2.87. The average molecular weight is 483 g/mol. The Labute approximate surface area is 199 Å². The van der Waals surface area contributed by atoms with Crippen molar-refractivity contribution in [1.29, 1.82) is 0 Å². The van der Waals surface area contributed by atoms with Crippen LogP contribution in [-0.4, -0.2) is 41.2 Å². The second kappa shape index (κ2) is 9.64. The number of nitrogens with one attached hydrogen (secondary N) is 1. The predicted molar refractivity (Wildman–Crippen MR) is 128 cm³/mol. The molecular weight excluding hydrogens is 456 g/mol. The maximum Gasteiger partial charge on any atom is 0.264 e. The number of amides is 1. The Morgan fingerprint density at radius 1 is 1.00 bits per heavy atom. The normalized spacial score (nSPS) is 16.1. The summed E-state index contributed by atoms with van der Waals surface area (Å²) in [6.45, 7) is 1.66. The summed E-state index contributed by atoms with van der Waals surface area (Å²) in [6.07, 6.45) is -1.04. The van der Waals surface area contributed by atoms with E-state index in [2.05, 4.69) is 5.32 Å². The van der Waals surface area contributed by atoms with Crippen LogP contribution in [0, 0.1) is 0 Å². The smallest absolute Gasteiger partial charge is 0.264 e. The molecule has 1 aliphatic heterocycles. The first-order chi connectivity index (χ1) is 16.3. The van der Waals surface area contributed by atoms with E-state index in [9.17, 15) is 13.2 Å². The molecule has 1 amide bonds. The summed E-state index contributed by atoms with van der Waals surface area (Å²) in [5.41, 5.74) is 1.18. The maximum absolute atomic E-state index is 13.5. The molecule has 0 saturated heterocycles. The first-order valence-corrected chi connectivity index (χ1v) is 12.1. The van der Waals surface area contributed by atoms with Gasteiger partial charge in [0.05, 0.1) is 37.4 Å². The molecule has 0 aromatic heterocycles. The fraction of sp³-hybridized carbons (Fsp3) is 0.240. The van der Waals surface area contributed by atoms with Crippen molar-refractivity contribution in [2.24, 2.45) is 0 Å². The van der Waals surface area contributed by atoms with Gasteiger partial charge in [0.1, 0.15) is 17.2 Å². The quantitative estimate of drug-likeness (QED) is 0.554. The summed E-state index contributed by atoms with van der Waals surface area (Å²) in [4.78, 5) is 13.3. The van der Waals surface area contributed by atoms with Gasteiger partial charge in [-0.1, -0.05) is 30.3 Å². The Balaban J connectivity index is 1.61. The number of hydrogen-bond donors (Lipinski definition) is 1. The maximum atomic E-state index is 13.5. The van der Waals surface area contributed by atoms with E-state index in [-0.39, 0.29) is 17.5 Å². The van der Waals surface area contributed by atoms with Gasteiger partial charge in [-0.05, 0) is 49.4 Å². The number of hydrogen-bond acceptors (Lipinski definition) is 6. The molecule has 0 unspecified atom stereocenters. The number of rotatable bonds is 7. The number of benzene rings is 3. The molecule has 0 aliphatic carbocycles. The van der Waals surface area contributed by atoms with E-state index >= 15 is 0 Å². The third-order valence-electron chi connectivity index (χ3n) is 5.64. The van der Waals surface area contributed by atoms with E-state index in [0.717, 1.165) is 5.56 Å². The second-order valence-electron chi connectivity index (χ2n) is 7.76. The molecule has 9 heteroatoms. The van der Waals surface area contributed by atoms with Crippen LogP contribution in [-0.2, 0) is 14.8 Å². The topological polar surface area (TPSA) is 94.2 Å². The monoisotopic (exact) mass is 482 g/mol. The number of methoxy groups -OCH3 is 2. The lowest BCUT2D eigenvalue weighted by molar-refractivity contribution is -0.128. The molecule has 0 saturated carbocycles. The van der Waals surface area contributed by atoms with Crippen molar-refractivity contribution < 1.29 is 27.4 Å². The molecule has 8 nitrogen and oxygen atoms in total. The van der Waals surface area contributed by atoms with Crippen molar-refractivity contribution in [2.45, 2.75) is 24.0 Å². The molecule has 3 aromatic rings. The minimum atomic E-state index is -3.96. The van der Waals surface area contributed by atoms with Crippen LogP contribution in [0.2, 0.25) is 0 Å². The number of carbonyl (C=O) groups is 1. The van der Waals surface area contributed by atoms with Crippen LogP contribution >= 0.6 is 0 Å². The third-order valence-corrected chi connectivity index (χ3v) is 7.43. The number of carbonyl (C=O) groups excluding carboxylic acids is 1. The minimum Gasteiger partial charge on any atom is -0.497 e. The second-order valence-corrected chi connectivity index (χ2v) is 9.62.